The van der Waals surface area contributed by atoms with Crippen molar-refractivity contribution in [2.24, 2.45) is 0 Å². The van der Waals surface area contributed by atoms with Crippen LogP contribution in [0, 0.1) is 13.8 Å². The molecule has 1 aromatic heterocycles. The van der Waals surface area contributed by atoms with Crippen LogP contribution in [0.5, 0.6) is 0 Å². The minimum atomic E-state index is -0.0133. The van der Waals surface area contributed by atoms with Crippen LogP contribution in [-0.4, -0.2) is 33.9 Å². The summed E-state index contributed by atoms with van der Waals surface area (Å²) in [5.41, 5.74) is 1.96. The number of aryl methyl sites for hydroxylation is 2. The van der Waals surface area contributed by atoms with Gasteiger partial charge in [0.05, 0.1) is 5.92 Å². The standard InChI is InChI=1S/C12H15N3O/c1-4-11(16)15-6-10(7-15)12-13-8(2)5-9(3)14-12/h4-5,10H,1,6-7H2,2-3H3. The van der Waals surface area contributed by atoms with Gasteiger partial charge in [-0.2, -0.15) is 0 Å². The first kappa shape index (κ1) is 10.8. The summed E-state index contributed by atoms with van der Waals surface area (Å²) in [6.07, 6.45) is 1.35. The van der Waals surface area contributed by atoms with Crippen LogP contribution in [0.15, 0.2) is 18.7 Å². The van der Waals surface area contributed by atoms with Gasteiger partial charge in [-0.1, -0.05) is 6.58 Å². The summed E-state index contributed by atoms with van der Waals surface area (Å²) >= 11 is 0. The van der Waals surface area contributed by atoms with Gasteiger partial charge < -0.3 is 4.90 Å². The summed E-state index contributed by atoms with van der Waals surface area (Å²) < 4.78 is 0. The molecule has 1 aliphatic rings. The molecule has 1 aromatic rings. The second-order valence-electron chi connectivity index (χ2n) is 4.15. The van der Waals surface area contributed by atoms with Crippen LogP contribution < -0.4 is 0 Å². The second kappa shape index (κ2) is 4.04. The Balaban J connectivity index is 2.06. The molecule has 0 unspecified atom stereocenters. The van der Waals surface area contributed by atoms with Crippen LogP contribution in [-0.2, 0) is 4.79 Å². The molecule has 2 heterocycles. The van der Waals surface area contributed by atoms with Gasteiger partial charge in [0.25, 0.3) is 0 Å². The summed E-state index contributed by atoms with van der Waals surface area (Å²) in [5.74, 6) is 1.12. The van der Waals surface area contributed by atoms with Gasteiger partial charge >= 0.3 is 0 Å². The molecule has 0 radical (unpaired) electrons. The number of hydrogen-bond acceptors (Lipinski definition) is 3. The van der Waals surface area contributed by atoms with Gasteiger partial charge in [0.1, 0.15) is 5.82 Å². The van der Waals surface area contributed by atoms with Gasteiger partial charge in [-0.25, -0.2) is 9.97 Å². The number of amides is 1. The lowest BCUT2D eigenvalue weighted by Crippen LogP contribution is -2.48. The molecular weight excluding hydrogens is 202 g/mol. The monoisotopic (exact) mass is 217 g/mol. The van der Waals surface area contributed by atoms with E-state index < -0.39 is 0 Å². The van der Waals surface area contributed by atoms with Gasteiger partial charge in [-0.3, -0.25) is 4.79 Å². The Labute approximate surface area is 95.0 Å². The molecule has 0 spiro atoms. The molecule has 1 aliphatic heterocycles. The van der Waals surface area contributed by atoms with E-state index >= 15 is 0 Å². The summed E-state index contributed by atoms with van der Waals surface area (Å²) in [7, 11) is 0. The highest BCUT2D eigenvalue weighted by Gasteiger charge is 2.32. The SMILES string of the molecule is C=CC(=O)N1CC(c2nc(C)cc(C)n2)C1. The summed E-state index contributed by atoms with van der Waals surface area (Å²) in [5, 5.41) is 0. The molecule has 16 heavy (non-hydrogen) atoms. The van der Waals surface area contributed by atoms with Crippen LogP contribution in [0.25, 0.3) is 0 Å². The molecule has 4 nitrogen and oxygen atoms in total. The molecule has 84 valence electrons. The number of carbonyl (C=O) groups is 1. The number of aromatic nitrogens is 2. The van der Waals surface area contributed by atoms with Gasteiger partial charge in [0.15, 0.2) is 0 Å². The maximum absolute atomic E-state index is 11.3. The Morgan fingerprint density at radius 3 is 2.50 bits per heavy atom. The first-order valence-electron chi connectivity index (χ1n) is 5.33. The zero-order valence-electron chi connectivity index (χ0n) is 9.60. The zero-order valence-corrected chi connectivity index (χ0v) is 9.60. The molecule has 1 saturated heterocycles. The minimum Gasteiger partial charge on any atom is -0.338 e. The van der Waals surface area contributed by atoms with Gasteiger partial charge in [-0.15, -0.1) is 0 Å². The third-order valence-corrected chi connectivity index (χ3v) is 2.73. The highest BCUT2D eigenvalue weighted by molar-refractivity contribution is 5.87. The lowest BCUT2D eigenvalue weighted by atomic mass is 9.99. The lowest BCUT2D eigenvalue weighted by molar-refractivity contribution is -0.130. The third kappa shape index (κ3) is 1.96. The normalized spacial score (nSPS) is 15.8. The molecular formula is C12H15N3O. The van der Waals surface area contributed by atoms with Crippen LogP contribution in [0.4, 0.5) is 0 Å². The highest BCUT2D eigenvalue weighted by Crippen LogP contribution is 2.24. The van der Waals surface area contributed by atoms with Crippen molar-refractivity contribution >= 4 is 5.91 Å². The van der Waals surface area contributed by atoms with E-state index in [1.807, 2.05) is 19.9 Å². The van der Waals surface area contributed by atoms with Crippen molar-refractivity contribution in [2.75, 3.05) is 13.1 Å². The van der Waals surface area contributed by atoms with Gasteiger partial charge in [-0.05, 0) is 26.0 Å². The molecule has 1 amide bonds. The molecule has 0 aliphatic carbocycles. The van der Waals surface area contributed by atoms with Crippen molar-refractivity contribution < 1.29 is 4.79 Å². The van der Waals surface area contributed by atoms with E-state index in [4.69, 9.17) is 0 Å². The minimum absolute atomic E-state index is 0.0133. The summed E-state index contributed by atoms with van der Waals surface area (Å²) in [6.45, 7) is 8.79. The Morgan fingerprint density at radius 1 is 1.44 bits per heavy atom. The predicted molar refractivity (Wildman–Crippen MR) is 61.0 cm³/mol. The summed E-state index contributed by atoms with van der Waals surface area (Å²) in [6, 6.07) is 1.95. The van der Waals surface area contributed by atoms with E-state index in [9.17, 15) is 4.79 Å². The smallest absolute Gasteiger partial charge is 0.246 e. The Bertz CT molecular complexity index is 416. The predicted octanol–water partition coefficient (Wildman–Crippen LogP) is 1.21. The fourth-order valence-electron chi connectivity index (χ4n) is 1.89. The second-order valence-corrected chi connectivity index (χ2v) is 4.15. The maximum Gasteiger partial charge on any atom is 0.246 e. The van der Waals surface area contributed by atoms with Crippen LogP contribution in [0.3, 0.4) is 0 Å². The quantitative estimate of drug-likeness (QED) is 0.699. The maximum atomic E-state index is 11.3. The van der Waals surface area contributed by atoms with Crippen LogP contribution >= 0.6 is 0 Å². The van der Waals surface area contributed by atoms with E-state index in [1.165, 1.54) is 6.08 Å². The van der Waals surface area contributed by atoms with Crippen molar-refractivity contribution in [3.63, 3.8) is 0 Å². The number of likely N-dealkylation sites (tertiary alicyclic amines) is 1. The number of nitrogens with zero attached hydrogens (tertiary/aromatic N) is 3. The number of hydrogen-bond donors (Lipinski definition) is 0. The van der Waals surface area contributed by atoms with E-state index in [2.05, 4.69) is 16.5 Å². The average Bonchev–Trinajstić information content (AvgIpc) is 2.13. The highest BCUT2D eigenvalue weighted by atomic mass is 16.2. The Kier molecular flexibility index (Phi) is 2.73. The largest absolute Gasteiger partial charge is 0.338 e. The first-order chi connectivity index (χ1) is 7.60. The van der Waals surface area contributed by atoms with E-state index in [0.29, 0.717) is 13.1 Å². The van der Waals surface area contributed by atoms with Gasteiger partial charge in [0, 0.05) is 24.5 Å². The Morgan fingerprint density at radius 2 is 2.00 bits per heavy atom. The molecule has 0 bridgehead atoms. The van der Waals surface area contributed by atoms with E-state index in [-0.39, 0.29) is 11.8 Å². The molecule has 0 atom stereocenters. The molecule has 0 saturated carbocycles. The van der Waals surface area contributed by atoms with Crippen LogP contribution in [0.2, 0.25) is 0 Å². The fraction of sp³-hybridized carbons (Fsp3) is 0.417. The van der Waals surface area contributed by atoms with Crippen molar-refractivity contribution in [1.82, 2.24) is 14.9 Å². The number of rotatable bonds is 2. The lowest BCUT2D eigenvalue weighted by Gasteiger charge is -2.37. The van der Waals surface area contributed by atoms with Crippen molar-refractivity contribution in [1.29, 1.82) is 0 Å². The van der Waals surface area contributed by atoms with Crippen molar-refractivity contribution in [3.8, 4) is 0 Å². The van der Waals surface area contributed by atoms with Crippen molar-refractivity contribution in [2.45, 2.75) is 19.8 Å². The summed E-state index contributed by atoms with van der Waals surface area (Å²) in [4.78, 5) is 21.8. The molecule has 1 fully saturated rings. The zero-order chi connectivity index (χ0) is 11.7. The van der Waals surface area contributed by atoms with Crippen LogP contribution in [0.1, 0.15) is 23.1 Å². The first-order valence-corrected chi connectivity index (χ1v) is 5.33. The average molecular weight is 217 g/mol. The third-order valence-electron chi connectivity index (χ3n) is 2.73. The molecule has 0 aromatic carbocycles. The topological polar surface area (TPSA) is 46.1 Å². The molecule has 4 heteroatoms. The van der Waals surface area contributed by atoms with E-state index in [0.717, 1.165) is 17.2 Å². The Hall–Kier alpha value is -1.71. The van der Waals surface area contributed by atoms with Gasteiger partial charge in [0.2, 0.25) is 5.91 Å². The molecule has 0 N–H and O–H groups in total. The molecule has 2 rings (SSSR count). The fourth-order valence-corrected chi connectivity index (χ4v) is 1.89. The van der Waals surface area contributed by atoms with Crippen molar-refractivity contribution in [3.05, 3.63) is 35.9 Å². The van der Waals surface area contributed by atoms with E-state index in [1.54, 1.807) is 4.90 Å². The number of carbonyl (C=O) groups excluding carboxylic acids is 1.